The van der Waals surface area contributed by atoms with Crippen molar-refractivity contribution in [3.05, 3.63) is 101 Å². The number of esters is 1. The summed E-state index contributed by atoms with van der Waals surface area (Å²) in [5, 5.41) is 0. The quantitative estimate of drug-likeness (QED) is 0.490. The van der Waals surface area contributed by atoms with Crippen molar-refractivity contribution in [2.45, 2.75) is 19.6 Å². The fourth-order valence-electron chi connectivity index (χ4n) is 3.61. The number of rotatable bonds is 8. The molecule has 1 aliphatic rings. The van der Waals surface area contributed by atoms with Crippen LogP contribution >= 0.6 is 0 Å². The van der Waals surface area contributed by atoms with Gasteiger partial charge in [0.25, 0.3) is 0 Å². The lowest BCUT2D eigenvalue weighted by Crippen LogP contribution is -2.41. The molecule has 0 atom stereocenters. The maximum Gasteiger partial charge on any atom is 0.342 e. The summed E-state index contributed by atoms with van der Waals surface area (Å²) >= 11 is 0. The van der Waals surface area contributed by atoms with E-state index in [4.69, 9.17) is 14.2 Å². The summed E-state index contributed by atoms with van der Waals surface area (Å²) in [6, 6.07) is 24.5. The number of carbonyl (C=O) groups excluding carboxylic acids is 2. The van der Waals surface area contributed by atoms with Gasteiger partial charge < -0.3 is 19.1 Å². The van der Waals surface area contributed by atoms with Crippen molar-refractivity contribution in [2.75, 3.05) is 26.3 Å². The van der Waals surface area contributed by atoms with Crippen LogP contribution in [-0.2, 0) is 33.9 Å². The molecule has 1 heterocycles. The number of morpholine rings is 1. The van der Waals surface area contributed by atoms with E-state index in [0.29, 0.717) is 44.2 Å². The van der Waals surface area contributed by atoms with Crippen LogP contribution in [-0.4, -0.2) is 43.1 Å². The van der Waals surface area contributed by atoms with E-state index in [0.717, 1.165) is 16.7 Å². The van der Waals surface area contributed by atoms with Gasteiger partial charge in [-0.15, -0.1) is 0 Å². The van der Waals surface area contributed by atoms with Gasteiger partial charge in [-0.05, 0) is 28.8 Å². The first kappa shape index (κ1) is 22.6. The fraction of sp³-hybridized carbons (Fsp3) is 0.259. The number of carbonyl (C=O) groups is 2. The highest BCUT2D eigenvalue weighted by Gasteiger charge is 2.20. The minimum absolute atomic E-state index is 0.0138. The summed E-state index contributed by atoms with van der Waals surface area (Å²) in [5.41, 5.74) is 2.95. The minimum Gasteiger partial charge on any atom is -0.488 e. The number of amides is 1. The van der Waals surface area contributed by atoms with E-state index in [-0.39, 0.29) is 18.9 Å². The molecule has 0 N–H and O–H groups in total. The van der Waals surface area contributed by atoms with Gasteiger partial charge in [0, 0.05) is 13.1 Å². The molecule has 0 bridgehead atoms. The normalized spacial score (nSPS) is 13.4. The molecule has 0 radical (unpaired) electrons. The Kier molecular flexibility index (Phi) is 7.72. The maximum absolute atomic E-state index is 13.0. The van der Waals surface area contributed by atoms with Crippen molar-refractivity contribution in [3.63, 3.8) is 0 Å². The first-order valence-corrected chi connectivity index (χ1v) is 11.1. The molecule has 170 valence electrons. The molecule has 1 aliphatic heterocycles. The van der Waals surface area contributed by atoms with Crippen molar-refractivity contribution in [1.29, 1.82) is 0 Å². The van der Waals surface area contributed by atoms with Gasteiger partial charge >= 0.3 is 5.97 Å². The average Bonchev–Trinajstić information content (AvgIpc) is 2.88. The van der Waals surface area contributed by atoms with Crippen LogP contribution in [0.5, 0.6) is 5.75 Å². The van der Waals surface area contributed by atoms with Crippen LogP contribution < -0.4 is 4.74 Å². The van der Waals surface area contributed by atoms with E-state index >= 15 is 0 Å². The third-order valence-electron chi connectivity index (χ3n) is 5.43. The SMILES string of the molecule is O=C(OCc1ccccc1)c1cc(CC(=O)N2CCOCC2)ccc1OCc1ccccc1. The van der Waals surface area contributed by atoms with Gasteiger partial charge in [0.15, 0.2) is 0 Å². The highest BCUT2D eigenvalue weighted by molar-refractivity contribution is 5.93. The Labute approximate surface area is 193 Å². The summed E-state index contributed by atoms with van der Waals surface area (Å²) in [6.45, 7) is 2.76. The predicted molar refractivity (Wildman–Crippen MR) is 124 cm³/mol. The van der Waals surface area contributed by atoms with Gasteiger partial charge in [0.1, 0.15) is 24.5 Å². The molecule has 6 heteroatoms. The van der Waals surface area contributed by atoms with E-state index in [1.165, 1.54) is 0 Å². The zero-order chi connectivity index (χ0) is 22.9. The Morgan fingerprint density at radius 2 is 1.42 bits per heavy atom. The molecule has 0 saturated carbocycles. The topological polar surface area (TPSA) is 65.1 Å². The van der Waals surface area contributed by atoms with Gasteiger partial charge in [-0.2, -0.15) is 0 Å². The van der Waals surface area contributed by atoms with E-state index in [9.17, 15) is 9.59 Å². The second-order valence-electron chi connectivity index (χ2n) is 7.84. The zero-order valence-corrected chi connectivity index (χ0v) is 18.4. The van der Waals surface area contributed by atoms with Gasteiger partial charge in [0.2, 0.25) is 5.91 Å². The Balaban J connectivity index is 1.50. The molecule has 4 rings (SSSR count). The number of ether oxygens (including phenoxy) is 3. The van der Waals surface area contributed by atoms with Crippen LogP contribution in [0.25, 0.3) is 0 Å². The molecule has 1 amide bonds. The molecule has 0 aliphatic carbocycles. The summed E-state index contributed by atoms with van der Waals surface area (Å²) in [4.78, 5) is 27.4. The average molecular weight is 446 g/mol. The number of hydrogen-bond acceptors (Lipinski definition) is 5. The lowest BCUT2D eigenvalue weighted by atomic mass is 10.1. The van der Waals surface area contributed by atoms with E-state index in [1.54, 1.807) is 17.0 Å². The summed E-state index contributed by atoms with van der Waals surface area (Å²) in [5.74, 6) is -0.0399. The molecule has 1 saturated heterocycles. The lowest BCUT2D eigenvalue weighted by Gasteiger charge is -2.27. The summed E-state index contributed by atoms with van der Waals surface area (Å²) in [7, 11) is 0. The maximum atomic E-state index is 13.0. The summed E-state index contributed by atoms with van der Waals surface area (Å²) < 4.78 is 16.8. The molecule has 0 spiro atoms. The van der Waals surface area contributed by atoms with E-state index in [2.05, 4.69) is 0 Å². The predicted octanol–water partition coefficient (Wildman–Crippen LogP) is 4.02. The number of hydrogen-bond donors (Lipinski definition) is 0. The van der Waals surface area contributed by atoms with Crippen molar-refractivity contribution in [2.24, 2.45) is 0 Å². The highest BCUT2D eigenvalue weighted by atomic mass is 16.5. The van der Waals surface area contributed by atoms with Crippen molar-refractivity contribution >= 4 is 11.9 Å². The highest BCUT2D eigenvalue weighted by Crippen LogP contribution is 2.24. The second kappa shape index (κ2) is 11.3. The number of benzene rings is 3. The second-order valence-corrected chi connectivity index (χ2v) is 7.84. The van der Waals surface area contributed by atoms with Crippen molar-refractivity contribution in [1.82, 2.24) is 4.90 Å². The fourth-order valence-corrected chi connectivity index (χ4v) is 3.61. The van der Waals surface area contributed by atoms with Crippen molar-refractivity contribution in [3.8, 4) is 5.75 Å². The van der Waals surface area contributed by atoms with Crippen LogP contribution in [0.4, 0.5) is 0 Å². The van der Waals surface area contributed by atoms with Gasteiger partial charge in [-0.25, -0.2) is 4.79 Å². The third kappa shape index (κ3) is 6.43. The largest absolute Gasteiger partial charge is 0.488 e. The first-order chi connectivity index (χ1) is 16.2. The number of nitrogens with zero attached hydrogens (tertiary/aromatic N) is 1. The van der Waals surface area contributed by atoms with Gasteiger partial charge in [-0.1, -0.05) is 66.7 Å². The van der Waals surface area contributed by atoms with E-state index in [1.807, 2.05) is 66.7 Å². The molecule has 0 unspecified atom stereocenters. The van der Waals surface area contributed by atoms with Crippen molar-refractivity contribution < 1.29 is 23.8 Å². The molecule has 1 fully saturated rings. The Bertz CT molecular complexity index is 1060. The van der Waals surface area contributed by atoms with Gasteiger partial charge in [-0.3, -0.25) is 4.79 Å². The Hall–Kier alpha value is -3.64. The minimum atomic E-state index is -0.484. The summed E-state index contributed by atoms with van der Waals surface area (Å²) in [6.07, 6.45) is 0.206. The Morgan fingerprint density at radius 1 is 0.788 bits per heavy atom. The standard InChI is InChI=1S/C27H27NO5/c29-26(28-13-15-31-16-14-28)18-23-11-12-25(32-19-21-7-3-1-4-8-21)24(17-23)27(30)33-20-22-9-5-2-6-10-22/h1-12,17H,13-16,18-20H2. The van der Waals surface area contributed by atoms with Crippen LogP contribution in [0.15, 0.2) is 78.9 Å². The molecular formula is C27H27NO5. The van der Waals surface area contributed by atoms with Crippen LogP contribution in [0.3, 0.4) is 0 Å². The third-order valence-corrected chi connectivity index (χ3v) is 5.43. The van der Waals surface area contributed by atoms with Gasteiger partial charge in [0.05, 0.1) is 19.6 Å². The first-order valence-electron chi connectivity index (χ1n) is 11.1. The molecule has 3 aromatic rings. The monoisotopic (exact) mass is 445 g/mol. The molecule has 3 aromatic carbocycles. The van der Waals surface area contributed by atoms with Crippen LogP contribution in [0.1, 0.15) is 27.0 Å². The Morgan fingerprint density at radius 3 is 2.09 bits per heavy atom. The van der Waals surface area contributed by atoms with Crippen LogP contribution in [0.2, 0.25) is 0 Å². The van der Waals surface area contributed by atoms with E-state index < -0.39 is 5.97 Å². The molecular weight excluding hydrogens is 418 g/mol. The van der Waals surface area contributed by atoms with Crippen LogP contribution in [0, 0.1) is 0 Å². The molecule has 6 nitrogen and oxygen atoms in total. The smallest absolute Gasteiger partial charge is 0.342 e. The molecule has 33 heavy (non-hydrogen) atoms. The zero-order valence-electron chi connectivity index (χ0n) is 18.4. The lowest BCUT2D eigenvalue weighted by molar-refractivity contribution is -0.134. The molecule has 0 aromatic heterocycles.